The van der Waals surface area contributed by atoms with Crippen LogP contribution in [-0.4, -0.2) is 25.0 Å². The molecule has 33 heavy (non-hydrogen) atoms. The van der Waals surface area contributed by atoms with Crippen LogP contribution in [0.1, 0.15) is 22.7 Å². The average molecular weight is 442 g/mol. The summed E-state index contributed by atoms with van der Waals surface area (Å²) in [5.41, 5.74) is 2.97. The molecule has 0 radical (unpaired) electrons. The van der Waals surface area contributed by atoms with Crippen molar-refractivity contribution in [3.05, 3.63) is 121 Å². The minimum Gasteiger partial charge on any atom is -0.497 e. The summed E-state index contributed by atoms with van der Waals surface area (Å²) >= 11 is 0. The number of amides is 1. The first-order valence-electron chi connectivity index (χ1n) is 11.0. The van der Waals surface area contributed by atoms with Gasteiger partial charge in [-0.05, 0) is 29.7 Å². The van der Waals surface area contributed by atoms with E-state index in [2.05, 4.69) is 13.2 Å². The van der Waals surface area contributed by atoms with Gasteiger partial charge in [0.1, 0.15) is 11.5 Å². The van der Waals surface area contributed by atoms with E-state index in [1.165, 1.54) is 0 Å². The highest BCUT2D eigenvalue weighted by Crippen LogP contribution is 2.31. The summed E-state index contributed by atoms with van der Waals surface area (Å²) in [6.07, 6.45) is 4.13. The maximum Gasteiger partial charge on any atom is 0.230 e. The first-order valence-corrected chi connectivity index (χ1v) is 11.0. The van der Waals surface area contributed by atoms with Crippen molar-refractivity contribution in [1.82, 2.24) is 4.90 Å². The van der Waals surface area contributed by atoms with Crippen LogP contribution in [0.3, 0.4) is 0 Å². The fraction of sp³-hybridized carbons (Fsp3) is 0.207. The number of benzene rings is 3. The quantitative estimate of drug-likeness (QED) is 0.342. The van der Waals surface area contributed by atoms with Crippen molar-refractivity contribution in [2.24, 2.45) is 5.92 Å². The molecule has 0 heterocycles. The molecule has 0 unspecified atom stereocenters. The minimum absolute atomic E-state index is 0.0134. The van der Waals surface area contributed by atoms with Crippen LogP contribution in [0.4, 0.5) is 0 Å². The van der Waals surface area contributed by atoms with Crippen molar-refractivity contribution in [2.45, 2.75) is 19.0 Å². The van der Waals surface area contributed by atoms with E-state index in [-0.39, 0.29) is 17.9 Å². The summed E-state index contributed by atoms with van der Waals surface area (Å²) < 4.78 is 10.9. The van der Waals surface area contributed by atoms with E-state index in [0.717, 1.165) is 16.7 Å². The Morgan fingerprint density at radius 3 is 2.15 bits per heavy atom. The lowest BCUT2D eigenvalue weighted by Crippen LogP contribution is -2.38. The molecule has 0 aliphatic heterocycles. The van der Waals surface area contributed by atoms with Gasteiger partial charge < -0.3 is 14.4 Å². The number of hydrogen-bond acceptors (Lipinski definition) is 3. The van der Waals surface area contributed by atoms with Crippen molar-refractivity contribution >= 4 is 5.91 Å². The van der Waals surface area contributed by atoms with E-state index >= 15 is 0 Å². The SMILES string of the molecule is C=C[C@H](Cc1ccccc1)C(=O)N(Cc1ccc(OC)cc1OC)[C@H](C=C)c1ccccc1. The Labute approximate surface area is 196 Å². The number of carbonyl (C=O) groups excluding carboxylic acids is 1. The summed E-state index contributed by atoms with van der Waals surface area (Å²) in [5.74, 6) is 0.981. The monoisotopic (exact) mass is 441 g/mol. The molecular formula is C29H31NO3. The summed E-state index contributed by atoms with van der Waals surface area (Å²) in [7, 11) is 3.24. The summed E-state index contributed by atoms with van der Waals surface area (Å²) in [5, 5.41) is 0. The van der Waals surface area contributed by atoms with E-state index in [1.807, 2.05) is 89.8 Å². The van der Waals surface area contributed by atoms with Gasteiger partial charge in [-0.15, -0.1) is 13.2 Å². The zero-order valence-electron chi connectivity index (χ0n) is 19.3. The molecule has 4 nitrogen and oxygen atoms in total. The van der Waals surface area contributed by atoms with Gasteiger partial charge in [-0.2, -0.15) is 0 Å². The molecule has 0 aromatic heterocycles. The summed E-state index contributed by atoms with van der Waals surface area (Å²) in [6.45, 7) is 8.38. The Bertz CT molecular complexity index is 1060. The lowest BCUT2D eigenvalue weighted by atomic mass is 9.95. The van der Waals surface area contributed by atoms with Crippen molar-refractivity contribution in [2.75, 3.05) is 14.2 Å². The zero-order valence-corrected chi connectivity index (χ0v) is 19.3. The zero-order chi connectivity index (χ0) is 23.6. The highest BCUT2D eigenvalue weighted by atomic mass is 16.5. The molecule has 1 amide bonds. The van der Waals surface area contributed by atoms with Gasteiger partial charge in [-0.3, -0.25) is 4.79 Å². The minimum atomic E-state index is -0.372. The van der Waals surface area contributed by atoms with Crippen molar-refractivity contribution < 1.29 is 14.3 Å². The third-order valence-corrected chi connectivity index (χ3v) is 5.72. The maximum absolute atomic E-state index is 13.9. The molecule has 0 bridgehead atoms. The fourth-order valence-electron chi connectivity index (χ4n) is 3.93. The number of carbonyl (C=O) groups is 1. The second-order valence-electron chi connectivity index (χ2n) is 7.77. The molecule has 0 spiro atoms. The van der Waals surface area contributed by atoms with Gasteiger partial charge in [0, 0.05) is 11.6 Å². The van der Waals surface area contributed by atoms with E-state index in [0.29, 0.717) is 24.5 Å². The number of methoxy groups -OCH3 is 2. The van der Waals surface area contributed by atoms with Gasteiger partial charge in [-0.25, -0.2) is 0 Å². The van der Waals surface area contributed by atoms with Crippen LogP contribution in [0, 0.1) is 5.92 Å². The van der Waals surface area contributed by atoms with Gasteiger partial charge in [0.25, 0.3) is 0 Å². The highest BCUT2D eigenvalue weighted by molar-refractivity contribution is 5.81. The van der Waals surface area contributed by atoms with E-state index in [9.17, 15) is 4.79 Å². The Kier molecular flexibility index (Phi) is 8.48. The predicted molar refractivity (Wildman–Crippen MR) is 133 cm³/mol. The maximum atomic E-state index is 13.9. The molecule has 170 valence electrons. The Morgan fingerprint density at radius 2 is 1.58 bits per heavy atom. The number of hydrogen-bond donors (Lipinski definition) is 0. The van der Waals surface area contributed by atoms with Crippen LogP contribution in [0.25, 0.3) is 0 Å². The first-order chi connectivity index (χ1) is 16.1. The first kappa shape index (κ1) is 23.9. The second kappa shape index (κ2) is 11.7. The molecule has 0 saturated carbocycles. The van der Waals surface area contributed by atoms with Crippen molar-refractivity contribution in [3.63, 3.8) is 0 Å². The smallest absolute Gasteiger partial charge is 0.230 e. The number of rotatable bonds is 11. The normalized spacial score (nSPS) is 12.3. The Morgan fingerprint density at radius 1 is 0.909 bits per heavy atom. The van der Waals surface area contributed by atoms with Crippen molar-refractivity contribution in [1.29, 1.82) is 0 Å². The van der Waals surface area contributed by atoms with Crippen LogP contribution >= 0.6 is 0 Å². The molecule has 4 heteroatoms. The van der Waals surface area contributed by atoms with Gasteiger partial charge in [0.05, 0.1) is 32.7 Å². The average Bonchev–Trinajstić information content (AvgIpc) is 2.88. The molecule has 0 saturated heterocycles. The number of ether oxygens (including phenoxy) is 2. The molecule has 3 aromatic carbocycles. The predicted octanol–water partition coefficient (Wildman–Crippen LogP) is 6.00. The lowest BCUT2D eigenvalue weighted by molar-refractivity contribution is -0.136. The largest absolute Gasteiger partial charge is 0.497 e. The molecular weight excluding hydrogens is 410 g/mol. The van der Waals surface area contributed by atoms with E-state index in [1.54, 1.807) is 20.3 Å². The summed E-state index contributed by atoms with van der Waals surface area (Å²) in [6, 6.07) is 25.3. The molecule has 2 atom stereocenters. The Hall–Kier alpha value is -3.79. The number of nitrogens with zero attached hydrogens (tertiary/aromatic N) is 1. The fourth-order valence-corrected chi connectivity index (χ4v) is 3.93. The highest BCUT2D eigenvalue weighted by Gasteiger charge is 2.29. The molecule has 0 fully saturated rings. The standard InChI is InChI=1S/C29H31NO3/c1-5-23(19-22-13-9-7-10-14-22)29(31)30(27(6-2)24-15-11-8-12-16-24)21-25-17-18-26(32-3)20-28(25)33-4/h5-18,20,23,27H,1-2,19,21H2,3-4H3/t23-,27-/m1/s1. The van der Waals surface area contributed by atoms with Crippen molar-refractivity contribution in [3.8, 4) is 11.5 Å². The van der Waals surface area contributed by atoms with E-state index in [4.69, 9.17) is 9.47 Å². The van der Waals surface area contributed by atoms with Gasteiger partial charge in [0.2, 0.25) is 5.91 Å². The molecule has 0 aliphatic rings. The molecule has 0 N–H and O–H groups in total. The van der Waals surface area contributed by atoms with Crippen LogP contribution in [0.15, 0.2) is 104 Å². The van der Waals surface area contributed by atoms with E-state index < -0.39 is 0 Å². The van der Waals surface area contributed by atoms with Crippen LogP contribution in [0.2, 0.25) is 0 Å². The van der Waals surface area contributed by atoms with Gasteiger partial charge in [-0.1, -0.05) is 72.8 Å². The molecule has 3 rings (SSSR count). The molecule has 0 aliphatic carbocycles. The van der Waals surface area contributed by atoms with Crippen LogP contribution < -0.4 is 9.47 Å². The third kappa shape index (κ3) is 5.92. The second-order valence-corrected chi connectivity index (χ2v) is 7.77. The Balaban J connectivity index is 2.00. The van der Waals surface area contributed by atoms with Gasteiger partial charge in [0.15, 0.2) is 0 Å². The third-order valence-electron chi connectivity index (χ3n) is 5.72. The van der Waals surface area contributed by atoms with Crippen LogP contribution in [0.5, 0.6) is 11.5 Å². The lowest BCUT2D eigenvalue weighted by Gasteiger charge is -2.33. The molecule has 3 aromatic rings. The topological polar surface area (TPSA) is 38.8 Å². The summed E-state index contributed by atoms with van der Waals surface area (Å²) in [4.78, 5) is 15.8. The van der Waals surface area contributed by atoms with Gasteiger partial charge >= 0.3 is 0 Å². The van der Waals surface area contributed by atoms with Crippen LogP contribution in [-0.2, 0) is 17.8 Å².